The number of carbonyl (C=O) groups is 2. The largest absolute Gasteiger partial charge is 0.444 e. The molecule has 1 aliphatic carbocycles. The van der Waals surface area contributed by atoms with E-state index in [1.807, 2.05) is 32.9 Å². The van der Waals surface area contributed by atoms with Gasteiger partial charge >= 0.3 is 6.09 Å². The van der Waals surface area contributed by atoms with Crippen LogP contribution in [-0.2, 0) is 19.6 Å². The average Bonchev–Trinajstić information content (AvgIpc) is 3.46. The number of likely N-dealkylation sites (tertiary alicyclic amines) is 1. The molecule has 11 nitrogen and oxygen atoms in total. The fourth-order valence-corrected chi connectivity index (χ4v) is 8.06. The Morgan fingerprint density at radius 3 is 2.38 bits per heavy atom. The number of amides is 2. The van der Waals surface area contributed by atoms with Gasteiger partial charge in [0.15, 0.2) is 0 Å². The van der Waals surface area contributed by atoms with Crippen LogP contribution in [0.15, 0.2) is 71.9 Å². The maximum atomic E-state index is 13.6. The van der Waals surface area contributed by atoms with Gasteiger partial charge in [-0.15, -0.1) is 0 Å². The first-order valence-electron chi connectivity index (χ1n) is 16.4. The van der Waals surface area contributed by atoms with E-state index < -0.39 is 15.6 Å². The van der Waals surface area contributed by atoms with E-state index in [4.69, 9.17) is 21.3 Å². The highest BCUT2D eigenvalue weighted by molar-refractivity contribution is 7.90. The number of hydrogen-bond donors (Lipinski definition) is 2. The van der Waals surface area contributed by atoms with Crippen LogP contribution in [0, 0.1) is 5.92 Å². The summed E-state index contributed by atoms with van der Waals surface area (Å²) in [6, 6.07) is 15.6. The minimum atomic E-state index is -3.88. The highest BCUT2D eigenvalue weighted by atomic mass is 35.5. The number of benzene rings is 2. The number of halogens is 1. The lowest BCUT2D eigenvalue weighted by Gasteiger charge is -2.35. The lowest BCUT2D eigenvalue weighted by Crippen LogP contribution is -2.48. The van der Waals surface area contributed by atoms with Gasteiger partial charge in [0.1, 0.15) is 5.60 Å². The van der Waals surface area contributed by atoms with Crippen LogP contribution in [-0.4, -0.2) is 70.0 Å². The fraction of sp³-hybridized carbons (Fsp3) is 0.429. The molecule has 48 heavy (non-hydrogen) atoms. The number of hydrogen-bond acceptors (Lipinski definition) is 8. The SMILES string of the molecule is CC(C)(C)OC(=O)N1CCC(C(=O)NC2CCC[C@@H](Nc3ncc(Cl)c(-c4cn(S(=O)(=O)c5ccccc5)c5ccccc45)n3)C2)CC1. The van der Waals surface area contributed by atoms with Gasteiger partial charge in [-0.2, -0.15) is 0 Å². The Morgan fingerprint density at radius 1 is 0.958 bits per heavy atom. The number of aromatic nitrogens is 3. The lowest BCUT2D eigenvalue weighted by molar-refractivity contribution is -0.127. The second-order valence-electron chi connectivity index (χ2n) is 13.5. The summed E-state index contributed by atoms with van der Waals surface area (Å²) < 4.78 is 34.0. The normalized spacial score (nSPS) is 19.2. The summed E-state index contributed by atoms with van der Waals surface area (Å²) in [5.41, 5.74) is 0.960. The minimum Gasteiger partial charge on any atom is -0.444 e. The summed E-state index contributed by atoms with van der Waals surface area (Å²) in [4.78, 5) is 36.7. The molecule has 1 unspecified atom stereocenters. The van der Waals surface area contributed by atoms with Crippen LogP contribution in [0.5, 0.6) is 0 Å². The molecule has 2 aromatic carbocycles. The summed E-state index contributed by atoms with van der Waals surface area (Å²) in [5.74, 6) is 0.256. The number of rotatable bonds is 7. The minimum absolute atomic E-state index is 0.000532. The second-order valence-corrected chi connectivity index (χ2v) is 15.7. The average molecular weight is 693 g/mol. The number of piperidine rings is 1. The molecule has 6 rings (SSSR count). The molecule has 3 heterocycles. The van der Waals surface area contributed by atoms with E-state index in [1.165, 1.54) is 10.2 Å². The van der Waals surface area contributed by atoms with Crippen molar-refractivity contribution in [2.45, 2.75) is 81.9 Å². The number of fused-ring (bicyclic) bond motifs is 1. The van der Waals surface area contributed by atoms with Gasteiger partial charge in [-0.1, -0.05) is 48.0 Å². The van der Waals surface area contributed by atoms with Gasteiger partial charge in [-0.05, 0) is 77.5 Å². The zero-order valence-corrected chi connectivity index (χ0v) is 28.9. The van der Waals surface area contributed by atoms with Crippen LogP contribution in [0.2, 0.25) is 5.02 Å². The number of nitrogens with one attached hydrogen (secondary N) is 2. The third kappa shape index (κ3) is 7.44. The third-order valence-corrected chi connectivity index (χ3v) is 10.8. The van der Waals surface area contributed by atoms with Crippen molar-refractivity contribution >= 4 is 50.5 Å². The number of carbonyl (C=O) groups excluding carboxylic acids is 2. The number of nitrogens with zero attached hydrogens (tertiary/aromatic N) is 4. The molecule has 13 heteroatoms. The summed E-state index contributed by atoms with van der Waals surface area (Å²) in [7, 11) is -3.88. The van der Waals surface area contributed by atoms with Crippen molar-refractivity contribution in [2.24, 2.45) is 5.92 Å². The van der Waals surface area contributed by atoms with Crippen molar-refractivity contribution in [1.82, 2.24) is 24.2 Å². The van der Waals surface area contributed by atoms with E-state index >= 15 is 0 Å². The van der Waals surface area contributed by atoms with Gasteiger partial charge in [0.25, 0.3) is 10.0 Å². The van der Waals surface area contributed by atoms with E-state index in [2.05, 4.69) is 15.6 Å². The van der Waals surface area contributed by atoms with E-state index in [9.17, 15) is 18.0 Å². The molecular weight excluding hydrogens is 652 g/mol. The zero-order chi connectivity index (χ0) is 34.1. The lowest BCUT2D eigenvalue weighted by atomic mass is 9.89. The van der Waals surface area contributed by atoms with Crippen molar-refractivity contribution in [2.75, 3.05) is 18.4 Å². The molecule has 0 radical (unpaired) electrons. The maximum Gasteiger partial charge on any atom is 0.410 e. The molecule has 254 valence electrons. The van der Waals surface area contributed by atoms with Crippen molar-refractivity contribution in [3.63, 3.8) is 0 Å². The van der Waals surface area contributed by atoms with Crippen LogP contribution >= 0.6 is 11.6 Å². The van der Waals surface area contributed by atoms with Crippen LogP contribution in [0.4, 0.5) is 10.7 Å². The molecule has 0 bridgehead atoms. The molecule has 0 spiro atoms. The van der Waals surface area contributed by atoms with Gasteiger partial charge in [0, 0.05) is 48.2 Å². The first-order valence-corrected chi connectivity index (χ1v) is 18.2. The van der Waals surface area contributed by atoms with Gasteiger partial charge in [0.2, 0.25) is 11.9 Å². The summed E-state index contributed by atoms with van der Waals surface area (Å²) in [6.45, 7) is 6.52. The molecule has 2 amide bonds. The van der Waals surface area contributed by atoms with E-state index in [-0.39, 0.29) is 34.9 Å². The molecule has 4 aromatic rings. The molecule has 2 aromatic heterocycles. The van der Waals surface area contributed by atoms with Crippen LogP contribution in [0.3, 0.4) is 0 Å². The van der Waals surface area contributed by atoms with E-state index in [0.29, 0.717) is 65.5 Å². The fourth-order valence-electron chi connectivity index (χ4n) is 6.47. The van der Waals surface area contributed by atoms with E-state index in [1.54, 1.807) is 53.6 Å². The van der Waals surface area contributed by atoms with Crippen molar-refractivity contribution in [3.8, 4) is 11.3 Å². The summed E-state index contributed by atoms with van der Waals surface area (Å²) in [6.07, 6.45) is 7.35. The Bertz CT molecular complexity index is 1900. The van der Waals surface area contributed by atoms with E-state index in [0.717, 1.165) is 19.3 Å². The van der Waals surface area contributed by atoms with Gasteiger partial charge < -0.3 is 20.3 Å². The monoisotopic (exact) mass is 692 g/mol. The predicted octanol–water partition coefficient (Wildman–Crippen LogP) is 6.48. The number of para-hydroxylation sites is 1. The molecule has 2 N–H and O–H groups in total. The molecule has 1 saturated carbocycles. The zero-order valence-electron chi connectivity index (χ0n) is 27.4. The van der Waals surface area contributed by atoms with Crippen LogP contribution in [0.1, 0.15) is 59.3 Å². The summed E-state index contributed by atoms with van der Waals surface area (Å²) in [5, 5.41) is 7.68. The highest BCUT2D eigenvalue weighted by Gasteiger charge is 2.32. The molecule has 2 atom stereocenters. The molecule has 2 aliphatic rings. The highest BCUT2D eigenvalue weighted by Crippen LogP contribution is 2.36. The Morgan fingerprint density at radius 2 is 1.65 bits per heavy atom. The standard InChI is InChI=1S/C35H41ClN6O5S/c1-35(2,3)47-34(44)41-18-16-23(17-19-41)32(43)38-24-10-9-11-25(20-24)39-33-37-21-29(36)31(40-33)28-22-42(30-15-8-7-14-27(28)30)48(45,46)26-12-5-4-6-13-26/h4-8,12-15,21-25H,9-11,16-20H2,1-3H3,(H,38,43)(H,37,39,40)/t24?,25-/m1/s1. The number of anilines is 1. The van der Waals surface area contributed by atoms with Crippen molar-refractivity contribution in [1.29, 1.82) is 0 Å². The molecule has 1 aliphatic heterocycles. The van der Waals surface area contributed by atoms with Crippen LogP contribution in [0.25, 0.3) is 22.2 Å². The topological polar surface area (TPSA) is 136 Å². The summed E-state index contributed by atoms with van der Waals surface area (Å²) >= 11 is 6.64. The van der Waals surface area contributed by atoms with Crippen LogP contribution < -0.4 is 10.6 Å². The first kappa shape index (κ1) is 33.7. The molecule has 1 saturated heterocycles. The Kier molecular flexibility index (Phi) is 9.67. The smallest absolute Gasteiger partial charge is 0.410 e. The Hall–Kier alpha value is -4.16. The van der Waals surface area contributed by atoms with Gasteiger partial charge in [-0.3, -0.25) is 4.79 Å². The number of ether oxygens (including phenoxy) is 1. The maximum absolute atomic E-state index is 13.6. The predicted molar refractivity (Wildman–Crippen MR) is 185 cm³/mol. The molecule has 2 fully saturated rings. The Labute approximate surface area is 286 Å². The van der Waals surface area contributed by atoms with Gasteiger partial charge in [0.05, 0.1) is 27.3 Å². The second kappa shape index (κ2) is 13.8. The van der Waals surface area contributed by atoms with Gasteiger partial charge in [-0.25, -0.2) is 27.2 Å². The van der Waals surface area contributed by atoms with Crippen molar-refractivity contribution < 1.29 is 22.7 Å². The van der Waals surface area contributed by atoms with Crippen molar-refractivity contribution in [3.05, 3.63) is 72.0 Å². The quantitative estimate of drug-likeness (QED) is 0.225. The third-order valence-electron chi connectivity index (χ3n) is 8.85. The molecular formula is C35H41ClN6O5S. The first-order chi connectivity index (χ1) is 22.9. The Balaban J connectivity index is 1.13.